The molecular formula is C9H10F3NO. The van der Waals surface area contributed by atoms with Crippen LogP contribution in [0.2, 0.25) is 0 Å². The van der Waals surface area contributed by atoms with E-state index in [0.29, 0.717) is 5.56 Å². The highest BCUT2D eigenvalue weighted by Crippen LogP contribution is 2.37. The number of benzene rings is 1. The van der Waals surface area contributed by atoms with Gasteiger partial charge in [0.2, 0.25) is 0 Å². The van der Waals surface area contributed by atoms with Crippen molar-refractivity contribution in [2.45, 2.75) is 13.1 Å². The largest absolute Gasteiger partial charge is 0.497 e. The molecule has 0 unspecified atom stereocenters. The maximum Gasteiger partial charge on any atom is 0.418 e. The third kappa shape index (κ3) is 1.92. The molecule has 14 heavy (non-hydrogen) atoms. The average Bonchev–Trinajstić information content (AvgIpc) is 2.07. The highest BCUT2D eigenvalue weighted by molar-refractivity contribution is 5.57. The Morgan fingerprint density at radius 3 is 2.29 bits per heavy atom. The van der Waals surface area contributed by atoms with E-state index in [4.69, 9.17) is 10.5 Å². The Hall–Kier alpha value is -1.39. The minimum atomic E-state index is -4.44. The molecule has 0 aliphatic carbocycles. The van der Waals surface area contributed by atoms with E-state index in [-0.39, 0.29) is 11.4 Å². The third-order valence-electron chi connectivity index (χ3n) is 1.90. The van der Waals surface area contributed by atoms with Crippen molar-refractivity contribution in [2.24, 2.45) is 0 Å². The fourth-order valence-corrected chi connectivity index (χ4v) is 1.12. The molecule has 0 heterocycles. The quantitative estimate of drug-likeness (QED) is 0.715. The lowest BCUT2D eigenvalue weighted by atomic mass is 10.1. The number of hydrogen-bond acceptors (Lipinski definition) is 2. The summed E-state index contributed by atoms with van der Waals surface area (Å²) in [5, 5.41) is 0. The molecular weight excluding hydrogens is 195 g/mol. The molecule has 78 valence electrons. The summed E-state index contributed by atoms with van der Waals surface area (Å²) in [6, 6.07) is 2.35. The molecule has 1 rings (SSSR count). The molecule has 1 aromatic rings. The van der Waals surface area contributed by atoms with Crippen molar-refractivity contribution >= 4 is 5.69 Å². The zero-order chi connectivity index (χ0) is 10.9. The van der Waals surface area contributed by atoms with Crippen molar-refractivity contribution in [2.75, 3.05) is 12.8 Å². The zero-order valence-corrected chi connectivity index (χ0v) is 7.77. The van der Waals surface area contributed by atoms with Gasteiger partial charge in [-0.25, -0.2) is 0 Å². The number of methoxy groups -OCH3 is 1. The maximum absolute atomic E-state index is 12.4. The SMILES string of the molecule is COc1cc(C)c(N)c(C(F)(F)F)c1. The van der Waals surface area contributed by atoms with Crippen molar-refractivity contribution < 1.29 is 17.9 Å². The molecule has 5 heteroatoms. The van der Waals surface area contributed by atoms with Crippen LogP contribution in [0.4, 0.5) is 18.9 Å². The second-order valence-electron chi connectivity index (χ2n) is 2.90. The van der Waals surface area contributed by atoms with E-state index in [9.17, 15) is 13.2 Å². The molecule has 0 saturated carbocycles. The van der Waals surface area contributed by atoms with Gasteiger partial charge in [-0.2, -0.15) is 13.2 Å². The summed E-state index contributed by atoms with van der Waals surface area (Å²) in [7, 11) is 1.31. The van der Waals surface area contributed by atoms with Crippen LogP contribution in [0.3, 0.4) is 0 Å². The fraction of sp³-hybridized carbons (Fsp3) is 0.333. The Bertz CT molecular complexity index is 347. The lowest BCUT2D eigenvalue weighted by Crippen LogP contribution is -2.10. The van der Waals surface area contributed by atoms with E-state index in [1.54, 1.807) is 0 Å². The van der Waals surface area contributed by atoms with E-state index in [1.165, 1.54) is 20.1 Å². The fourth-order valence-electron chi connectivity index (χ4n) is 1.12. The Balaban J connectivity index is 3.35. The summed E-state index contributed by atoms with van der Waals surface area (Å²) in [6.07, 6.45) is -4.44. The number of nitrogen functional groups attached to an aromatic ring is 1. The van der Waals surface area contributed by atoms with Gasteiger partial charge in [0.15, 0.2) is 0 Å². The topological polar surface area (TPSA) is 35.2 Å². The third-order valence-corrected chi connectivity index (χ3v) is 1.90. The normalized spacial score (nSPS) is 11.5. The first-order valence-electron chi connectivity index (χ1n) is 3.87. The molecule has 0 amide bonds. The Labute approximate surface area is 79.5 Å². The summed E-state index contributed by atoms with van der Waals surface area (Å²) in [4.78, 5) is 0. The minimum absolute atomic E-state index is 0.157. The molecule has 0 bridgehead atoms. The van der Waals surface area contributed by atoms with E-state index < -0.39 is 11.7 Å². The van der Waals surface area contributed by atoms with Crippen LogP contribution in [0.5, 0.6) is 5.75 Å². The molecule has 2 N–H and O–H groups in total. The summed E-state index contributed by atoms with van der Waals surface area (Å²) in [6.45, 7) is 1.51. The molecule has 0 fully saturated rings. The lowest BCUT2D eigenvalue weighted by molar-refractivity contribution is -0.137. The van der Waals surface area contributed by atoms with Gasteiger partial charge in [-0.3, -0.25) is 0 Å². The predicted molar refractivity (Wildman–Crippen MR) is 47.1 cm³/mol. The van der Waals surface area contributed by atoms with E-state index in [0.717, 1.165) is 6.07 Å². The molecule has 1 aromatic carbocycles. The lowest BCUT2D eigenvalue weighted by Gasteiger charge is -2.13. The highest BCUT2D eigenvalue weighted by atomic mass is 19.4. The van der Waals surface area contributed by atoms with Crippen LogP contribution >= 0.6 is 0 Å². The van der Waals surface area contributed by atoms with Crippen LogP contribution < -0.4 is 10.5 Å². The molecule has 0 atom stereocenters. The standard InChI is InChI=1S/C9H10F3NO/c1-5-3-6(14-2)4-7(8(5)13)9(10,11)12/h3-4H,13H2,1-2H3. The number of rotatable bonds is 1. The summed E-state index contributed by atoms with van der Waals surface area (Å²) >= 11 is 0. The number of hydrogen-bond donors (Lipinski definition) is 1. The van der Waals surface area contributed by atoms with Crippen LogP contribution in [0.15, 0.2) is 12.1 Å². The minimum Gasteiger partial charge on any atom is -0.497 e. The van der Waals surface area contributed by atoms with Crippen molar-refractivity contribution in [3.05, 3.63) is 23.3 Å². The van der Waals surface area contributed by atoms with Crippen LogP contribution in [0.25, 0.3) is 0 Å². The van der Waals surface area contributed by atoms with Gasteiger partial charge in [-0.05, 0) is 24.6 Å². The Morgan fingerprint density at radius 1 is 1.29 bits per heavy atom. The molecule has 0 aliphatic heterocycles. The van der Waals surface area contributed by atoms with Crippen molar-refractivity contribution in [1.82, 2.24) is 0 Å². The van der Waals surface area contributed by atoms with Gasteiger partial charge < -0.3 is 10.5 Å². The van der Waals surface area contributed by atoms with Crippen LogP contribution in [-0.4, -0.2) is 7.11 Å². The predicted octanol–water partition coefficient (Wildman–Crippen LogP) is 2.60. The number of halogens is 3. The van der Waals surface area contributed by atoms with Gasteiger partial charge in [0.1, 0.15) is 5.75 Å². The molecule has 2 nitrogen and oxygen atoms in total. The first-order chi connectivity index (χ1) is 6.36. The van der Waals surface area contributed by atoms with Gasteiger partial charge >= 0.3 is 6.18 Å². The molecule has 0 radical (unpaired) electrons. The van der Waals surface area contributed by atoms with Crippen LogP contribution in [0, 0.1) is 6.92 Å². The van der Waals surface area contributed by atoms with Crippen molar-refractivity contribution in [3.8, 4) is 5.75 Å². The first kappa shape index (κ1) is 10.7. The molecule has 0 aliphatic rings. The van der Waals surface area contributed by atoms with E-state index in [2.05, 4.69) is 0 Å². The zero-order valence-electron chi connectivity index (χ0n) is 7.77. The first-order valence-corrected chi connectivity index (χ1v) is 3.87. The number of aryl methyl sites for hydroxylation is 1. The number of nitrogens with two attached hydrogens (primary N) is 1. The van der Waals surface area contributed by atoms with Gasteiger partial charge in [0, 0.05) is 5.69 Å². The number of alkyl halides is 3. The second kappa shape index (κ2) is 3.40. The summed E-state index contributed by atoms with van der Waals surface area (Å²) in [5.74, 6) is 0.157. The van der Waals surface area contributed by atoms with E-state index >= 15 is 0 Å². The van der Waals surface area contributed by atoms with E-state index in [1.807, 2.05) is 0 Å². The Kier molecular flexibility index (Phi) is 2.59. The van der Waals surface area contributed by atoms with Gasteiger partial charge in [-0.1, -0.05) is 0 Å². The smallest absolute Gasteiger partial charge is 0.418 e. The van der Waals surface area contributed by atoms with Crippen molar-refractivity contribution in [1.29, 1.82) is 0 Å². The Morgan fingerprint density at radius 2 is 1.86 bits per heavy atom. The number of ether oxygens (including phenoxy) is 1. The number of anilines is 1. The van der Waals surface area contributed by atoms with Crippen LogP contribution in [0.1, 0.15) is 11.1 Å². The molecule has 0 spiro atoms. The average molecular weight is 205 g/mol. The maximum atomic E-state index is 12.4. The monoisotopic (exact) mass is 205 g/mol. The highest BCUT2D eigenvalue weighted by Gasteiger charge is 2.34. The van der Waals surface area contributed by atoms with Gasteiger partial charge in [0.25, 0.3) is 0 Å². The second-order valence-corrected chi connectivity index (χ2v) is 2.90. The van der Waals surface area contributed by atoms with Crippen LogP contribution in [-0.2, 0) is 6.18 Å². The molecule has 0 aromatic heterocycles. The van der Waals surface area contributed by atoms with Crippen molar-refractivity contribution in [3.63, 3.8) is 0 Å². The molecule has 0 saturated heterocycles. The summed E-state index contributed by atoms with van der Waals surface area (Å²) < 4.78 is 42.0. The summed E-state index contributed by atoms with van der Waals surface area (Å²) in [5.41, 5.74) is 4.57. The van der Waals surface area contributed by atoms with Gasteiger partial charge in [-0.15, -0.1) is 0 Å². The van der Waals surface area contributed by atoms with Gasteiger partial charge in [0.05, 0.1) is 12.7 Å².